The summed E-state index contributed by atoms with van der Waals surface area (Å²) in [6, 6.07) is 19.6. The molecule has 0 fully saturated rings. The molecule has 29 heavy (non-hydrogen) atoms. The van der Waals surface area contributed by atoms with Crippen molar-refractivity contribution in [1.29, 1.82) is 5.26 Å². The van der Waals surface area contributed by atoms with E-state index < -0.39 is 0 Å². The van der Waals surface area contributed by atoms with Gasteiger partial charge in [0.25, 0.3) is 0 Å². The van der Waals surface area contributed by atoms with Crippen molar-refractivity contribution in [1.82, 2.24) is 14.8 Å². The number of benzene rings is 2. The molecule has 7 heteroatoms. The van der Waals surface area contributed by atoms with E-state index >= 15 is 0 Å². The molecule has 0 N–H and O–H groups in total. The monoisotopic (exact) mass is 405 g/mol. The molecular formula is C22H23N5OS. The molecule has 0 radical (unpaired) electrons. The van der Waals surface area contributed by atoms with Gasteiger partial charge in [-0.05, 0) is 31.5 Å². The summed E-state index contributed by atoms with van der Waals surface area (Å²) in [7, 11) is 1.91. The van der Waals surface area contributed by atoms with E-state index in [0.717, 1.165) is 22.6 Å². The molecule has 1 atom stereocenters. The van der Waals surface area contributed by atoms with Gasteiger partial charge in [-0.3, -0.25) is 4.79 Å². The number of nitrogens with zero attached hydrogens (tertiary/aromatic N) is 5. The third kappa shape index (κ3) is 4.66. The second kappa shape index (κ2) is 9.39. The van der Waals surface area contributed by atoms with Crippen molar-refractivity contribution in [2.24, 2.45) is 7.05 Å². The van der Waals surface area contributed by atoms with Crippen LogP contribution in [-0.4, -0.2) is 32.5 Å². The van der Waals surface area contributed by atoms with Crippen LogP contribution >= 0.6 is 11.8 Å². The first-order chi connectivity index (χ1) is 14.0. The molecule has 0 spiro atoms. The summed E-state index contributed by atoms with van der Waals surface area (Å²) in [6.07, 6.45) is 0.277. The molecule has 6 nitrogen and oxygen atoms in total. The summed E-state index contributed by atoms with van der Waals surface area (Å²) in [5.74, 6) is 0.714. The molecule has 3 rings (SSSR count). The van der Waals surface area contributed by atoms with Crippen molar-refractivity contribution < 1.29 is 4.79 Å². The van der Waals surface area contributed by atoms with E-state index in [9.17, 15) is 4.79 Å². The zero-order valence-corrected chi connectivity index (χ0v) is 17.6. The van der Waals surface area contributed by atoms with E-state index in [2.05, 4.69) is 16.3 Å². The van der Waals surface area contributed by atoms with Crippen LogP contribution in [0.2, 0.25) is 0 Å². The van der Waals surface area contributed by atoms with Crippen molar-refractivity contribution in [3.63, 3.8) is 0 Å². The van der Waals surface area contributed by atoms with Crippen LogP contribution in [0.15, 0.2) is 59.8 Å². The maximum absolute atomic E-state index is 13.1. The van der Waals surface area contributed by atoms with E-state index in [4.69, 9.17) is 5.26 Å². The molecule has 1 amide bonds. The molecule has 0 unspecified atom stereocenters. The van der Waals surface area contributed by atoms with Gasteiger partial charge in [-0.1, -0.05) is 54.2 Å². The van der Waals surface area contributed by atoms with Gasteiger partial charge in [0.1, 0.15) is 0 Å². The lowest BCUT2D eigenvalue weighted by molar-refractivity contribution is -0.117. The molecule has 0 aliphatic heterocycles. The fourth-order valence-corrected chi connectivity index (χ4v) is 3.92. The summed E-state index contributed by atoms with van der Waals surface area (Å²) in [5.41, 5.74) is 2.93. The number of nitriles is 1. The molecule has 1 heterocycles. The Kier molecular flexibility index (Phi) is 6.68. The Hall–Kier alpha value is -3.11. The molecular weight excluding hydrogens is 382 g/mol. The van der Waals surface area contributed by atoms with Crippen LogP contribution in [0.25, 0.3) is 11.4 Å². The Bertz CT molecular complexity index is 1030. The largest absolute Gasteiger partial charge is 0.310 e. The first-order valence-electron chi connectivity index (χ1n) is 9.38. The van der Waals surface area contributed by atoms with Crippen molar-refractivity contribution >= 4 is 23.4 Å². The fourth-order valence-electron chi connectivity index (χ4n) is 3.04. The number of rotatable bonds is 7. The number of hydrogen-bond acceptors (Lipinski definition) is 5. The number of anilines is 1. The zero-order chi connectivity index (χ0) is 20.8. The van der Waals surface area contributed by atoms with Crippen molar-refractivity contribution in [2.45, 2.75) is 30.7 Å². The highest BCUT2D eigenvalue weighted by atomic mass is 32.2. The van der Waals surface area contributed by atoms with Crippen molar-refractivity contribution in [3.05, 3.63) is 60.2 Å². The Morgan fingerprint density at radius 3 is 2.55 bits per heavy atom. The minimum absolute atomic E-state index is 0.0584. The maximum atomic E-state index is 13.1. The molecule has 0 bridgehead atoms. The number of carbonyl (C=O) groups is 1. The number of thioether (sulfide) groups is 1. The highest BCUT2D eigenvalue weighted by molar-refractivity contribution is 8.00. The van der Waals surface area contributed by atoms with E-state index in [1.54, 1.807) is 4.90 Å². The third-order valence-corrected chi connectivity index (χ3v) is 5.75. The SMILES string of the molecule is Cc1ccccc1-c1nnc(S[C@H](C)C(=O)N(CCC#N)c2ccccc2)n1C. The molecule has 1 aromatic heterocycles. The van der Waals surface area contributed by atoms with Gasteiger partial charge >= 0.3 is 0 Å². The lowest BCUT2D eigenvalue weighted by Gasteiger charge is -2.24. The smallest absolute Gasteiger partial charge is 0.240 e. The van der Waals surface area contributed by atoms with Crippen LogP contribution < -0.4 is 4.90 Å². The molecule has 3 aromatic rings. The zero-order valence-electron chi connectivity index (χ0n) is 16.7. The van der Waals surface area contributed by atoms with Gasteiger partial charge in [0.05, 0.1) is 17.7 Å². The molecule has 0 saturated carbocycles. The molecule has 2 aromatic carbocycles. The summed E-state index contributed by atoms with van der Waals surface area (Å²) in [6.45, 7) is 4.25. The van der Waals surface area contributed by atoms with Crippen molar-refractivity contribution in [3.8, 4) is 17.5 Å². The summed E-state index contributed by atoms with van der Waals surface area (Å²) < 4.78 is 1.92. The normalized spacial score (nSPS) is 11.7. The summed E-state index contributed by atoms with van der Waals surface area (Å²) in [5, 5.41) is 17.9. The molecule has 0 saturated heterocycles. The predicted octanol–water partition coefficient (Wildman–Crippen LogP) is 4.22. The van der Waals surface area contributed by atoms with Gasteiger partial charge < -0.3 is 9.47 Å². The first-order valence-corrected chi connectivity index (χ1v) is 10.3. The molecule has 148 valence electrons. The minimum atomic E-state index is -0.374. The van der Waals surface area contributed by atoms with Crippen LogP contribution in [0, 0.1) is 18.3 Å². The quantitative estimate of drug-likeness (QED) is 0.550. The number of aromatic nitrogens is 3. The first kappa shape index (κ1) is 20.6. The number of carbonyl (C=O) groups excluding carboxylic acids is 1. The number of amides is 1. The van der Waals surface area contributed by atoms with Gasteiger partial charge in [0.15, 0.2) is 11.0 Å². The highest BCUT2D eigenvalue weighted by Gasteiger charge is 2.25. The Morgan fingerprint density at radius 2 is 1.86 bits per heavy atom. The van der Waals surface area contributed by atoms with Gasteiger partial charge in [0.2, 0.25) is 5.91 Å². The second-order valence-corrected chi connectivity index (χ2v) is 7.98. The number of para-hydroxylation sites is 1. The van der Waals surface area contributed by atoms with Crippen LogP contribution in [0.3, 0.4) is 0 Å². The highest BCUT2D eigenvalue weighted by Crippen LogP contribution is 2.29. The van der Waals surface area contributed by atoms with E-state index in [1.165, 1.54) is 11.8 Å². The van der Waals surface area contributed by atoms with Crippen molar-refractivity contribution in [2.75, 3.05) is 11.4 Å². The van der Waals surface area contributed by atoms with Gasteiger partial charge in [-0.25, -0.2) is 0 Å². The van der Waals surface area contributed by atoms with Gasteiger partial charge in [-0.15, -0.1) is 10.2 Å². The maximum Gasteiger partial charge on any atom is 0.240 e. The standard InChI is InChI=1S/C22H23N5OS/c1-16-10-7-8-13-19(16)20-24-25-22(26(20)3)29-17(2)21(28)27(15-9-14-23)18-11-5-4-6-12-18/h4-8,10-13,17H,9,15H2,1-3H3/t17-/m1/s1. The van der Waals surface area contributed by atoms with E-state index in [-0.39, 0.29) is 17.6 Å². The van der Waals surface area contributed by atoms with Crippen LogP contribution in [0.1, 0.15) is 18.9 Å². The summed E-state index contributed by atoms with van der Waals surface area (Å²) in [4.78, 5) is 14.8. The lowest BCUT2D eigenvalue weighted by Crippen LogP contribution is -2.37. The van der Waals surface area contributed by atoms with E-state index in [1.807, 2.05) is 80.1 Å². The predicted molar refractivity (Wildman–Crippen MR) is 116 cm³/mol. The van der Waals surface area contributed by atoms with Gasteiger partial charge in [-0.2, -0.15) is 5.26 Å². The lowest BCUT2D eigenvalue weighted by atomic mass is 10.1. The fraction of sp³-hybridized carbons (Fsp3) is 0.273. The average Bonchev–Trinajstić information content (AvgIpc) is 3.09. The topological polar surface area (TPSA) is 74.8 Å². The number of hydrogen-bond donors (Lipinski definition) is 0. The average molecular weight is 406 g/mol. The molecule has 0 aliphatic rings. The minimum Gasteiger partial charge on any atom is -0.310 e. The van der Waals surface area contributed by atoms with Crippen LogP contribution in [0.5, 0.6) is 0 Å². The van der Waals surface area contributed by atoms with Gasteiger partial charge in [0, 0.05) is 24.8 Å². The molecule has 0 aliphatic carbocycles. The van der Waals surface area contributed by atoms with E-state index in [0.29, 0.717) is 11.7 Å². The summed E-state index contributed by atoms with van der Waals surface area (Å²) >= 11 is 1.37. The van der Waals surface area contributed by atoms with Crippen LogP contribution in [0.4, 0.5) is 5.69 Å². The van der Waals surface area contributed by atoms with Crippen LogP contribution in [-0.2, 0) is 11.8 Å². The Labute approximate surface area is 175 Å². The Morgan fingerprint density at radius 1 is 1.17 bits per heavy atom. The third-order valence-electron chi connectivity index (χ3n) is 4.63. The number of aryl methyl sites for hydroxylation is 1. The second-order valence-electron chi connectivity index (χ2n) is 6.67. The Balaban J connectivity index is 1.80.